The van der Waals surface area contributed by atoms with Crippen LogP contribution >= 0.6 is 11.3 Å². The minimum atomic E-state index is 0.671. The van der Waals surface area contributed by atoms with Gasteiger partial charge < -0.3 is 14.2 Å². The quantitative estimate of drug-likeness (QED) is 0.404. The van der Waals surface area contributed by atoms with Gasteiger partial charge in [0.1, 0.15) is 5.75 Å². The molecule has 28 heavy (non-hydrogen) atoms. The summed E-state index contributed by atoms with van der Waals surface area (Å²) in [5.41, 5.74) is 5.69. The molecular weight excluding hydrogens is 374 g/mol. The molecule has 146 valence electrons. The highest BCUT2D eigenvalue weighted by molar-refractivity contribution is 7.14. The van der Waals surface area contributed by atoms with E-state index in [0.29, 0.717) is 23.2 Å². The smallest absolute Gasteiger partial charge is 0.203 e. The van der Waals surface area contributed by atoms with Gasteiger partial charge in [-0.15, -0.1) is 11.3 Å². The fraction of sp³-hybridized carbons (Fsp3) is 0.238. The lowest BCUT2D eigenvalue weighted by Crippen LogP contribution is -1.99. The van der Waals surface area contributed by atoms with Crippen LogP contribution in [0.2, 0.25) is 0 Å². The Labute approximate surface area is 168 Å². The maximum Gasteiger partial charge on any atom is 0.203 e. The van der Waals surface area contributed by atoms with Crippen molar-refractivity contribution in [1.82, 2.24) is 4.98 Å². The van der Waals surface area contributed by atoms with Crippen molar-refractivity contribution in [2.45, 2.75) is 13.3 Å². The lowest BCUT2D eigenvalue weighted by molar-refractivity contribution is 0.317. The first-order valence-corrected chi connectivity index (χ1v) is 9.82. The zero-order valence-electron chi connectivity index (χ0n) is 16.1. The Morgan fingerprint density at radius 1 is 1.07 bits per heavy atom. The number of rotatable bonds is 9. The van der Waals surface area contributed by atoms with Crippen molar-refractivity contribution in [2.24, 2.45) is 5.10 Å². The second kappa shape index (κ2) is 9.75. The van der Waals surface area contributed by atoms with Crippen LogP contribution in [-0.2, 0) is 0 Å². The number of ether oxygens (including phenoxy) is 3. The molecule has 0 aliphatic carbocycles. The van der Waals surface area contributed by atoms with E-state index in [0.717, 1.165) is 29.0 Å². The van der Waals surface area contributed by atoms with E-state index in [9.17, 15) is 0 Å². The normalized spacial score (nSPS) is 10.8. The summed E-state index contributed by atoms with van der Waals surface area (Å²) in [5.74, 6) is 2.18. The number of para-hydroxylation sites is 1. The zero-order chi connectivity index (χ0) is 19.8. The van der Waals surface area contributed by atoms with E-state index in [2.05, 4.69) is 22.4 Å². The monoisotopic (exact) mass is 397 g/mol. The van der Waals surface area contributed by atoms with E-state index in [1.165, 1.54) is 11.3 Å². The Morgan fingerprint density at radius 3 is 2.68 bits per heavy atom. The fourth-order valence-electron chi connectivity index (χ4n) is 2.54. The standard InChI is InChI=1S/C21H23N3O3S/c1-4-11-27-18-8-6-5-7-16(18)13-22-24-21-23-17(14-28-21)15-9-10-19(25-2)20(12-15)26-3/h5-10,12-14H,4,11H2,1-3H3,(H,23,24)/b22-13-. The molecule has 0 fully saturated rings. The highest BCUT2D eigenvalue weighted by Gasteiger charge is 2.09. The summed E-state index contributed by atoms with van der Waals surface area (Å²) in [5, 5.41) is 6.97. The average Bonchev–Trinajstić information content (AvgIpc) is 3.21. The van der Waals surface area contributed by atoms with Gasteiger partial charge >= 0.3 is 0 Å². The molecule has 3 rings (SSSR count). The van der Waals surface area contributed by atoms with E-state index in [4.69, 9.17) is 14.2 Å². The molecule has 6 nitrogen and oxygen atoms in total. The van der Waals surface area contributed by atoms with Gasteiger partial charge in [0.15, 0.2) is 11.5 Å². The topological polar surface area (TPSA) is 65.0 Å². The minimum absolute atomic E-state index is 0.671. The number of hydrogen-bond acceptors (Lipinski definition) is 7. The number of methoxy groups -OCH3 is 2. The van der Waals surface area contributed by atoms with Gasteiger partial charge in [-0.2, -0.15) is 5.10 Å². The highest BCUT2D eigenvalue weighted by atomic mass is 32.1. The lowest BCUT2D eigenvalue weighted by atomic mass is 10.1. The molecule has 2 aromatic carbocycles. The molecule has 0 radical (unpaired) electrons. The number of nitrogens with one attached hydrogen (secondary N) is 1. The van der Waals surface area contributed by atoms with Gasteiger partial charge in [0.2, 0.25) is 5.13 Å². The molecule has 0 aliphatic rings. The summed E-state index contributed by atoms with van der Waals surface area (Å²) in [4.78, 5) is 4.58. The summed E-state index contributed by atoms with van der Waals surface area (Å²) in [6.07, 6.45) is 2.70. The van der Waals surface area contributed by atoms with E-state index >= 15 is 0 Å². The van der Waals surface area contributed by atoms with Crippen LogP contribution in [0.25, 0.3) is 11.3 Å². The molecule has 0 bridgehead atoms. The third-order valence-electron chi connectivity index (χ3n) is 3.93. The van der Waals surface area contributed by atoms with Crippen LogP contribution in [0.1, 0.15) is 18.9 Å². The van der Waals surface area contributed by atoms with Crippen LogP contribution in [0.3, 0.4) is 0 Å². The first-order chi connectivity index (χ1) is 13.7. The highest BCUT2D eigenvalue weighted by Crippen LogP contribution is 2.33. The predicted molar refractivity (Wildman–Crippen MR) is 114 cm³/mol. The lowest BCUT2D eigenvalue weighted by Gasteiger charge is -2.08. The van der Waals surface area contributed by atoms with Crippen LogP contribution < -0.4 is 19.6 Å². The maximum absolute atomic E-state index is 5.74. The van der Waals surface area contributed by atoms with Gasteiger partial charge in [-0.3, -0.25) is 5.43 Å². The fourth-order valence-corrected chi connectivity index (χ4v) is 3.21. The molecule has 0 unspecified atom stereocenters. The zero-order valence-corrected chi connectivity index (χ0v) is 17.0. The van der Waals surface area contributed by atoms with Crippen molar-refractivity contribution in [3.8, 4) is 28.5 Å². The SMILES string of the molecule is CCCOc1ccccc1/C=N\Nc1nc(-c2ccc(OC)c(OC)c2)cs1. The molecular formula is C21H23N3O3S. The Balaban J connectivity index is 1.70. The molecule has 0 aliphatic heterocycles. The van der Waals surface area contributed by atoms with Crippen molar-refractivity contribution in [1.29, 1.82) is 0 Å². The first kappa shape index (κ1) is 19.7. The van der Waals surface area contributed by atoms with Crippen molar-refractivity contribution in [3.05, 3.63) is 53.4 Å². The van der Waals surface area contributed by atoms with Gasteiger partial charge in [0.05, 0.1) is 32.7 Å². The molecule has 0 atom stereocenters. The van der Waals surface area contributed by atoms with E-state index in [-0.39, 0.29) is 0 Å². The summed E-state index contributed by atoms with van der Waals surface area (Å²) in [6.45, 7) is 2.76. The summed E-state index contributed by atoms with van der Waals surface area (Å²) < 4.78 is 16.4. The molecule has 0 saturated carbocycles. The second-order valence-electron chi connectivity index (χ2n) is 5.86. The van der Waals surface area contributed by atoms with E-state index < -0.39 is 0 Å². The van der Waals surface area contributed by atoms with E-state index in [1.807, 2.05) is 47.8 Å². The number of thiazole rings is 1. The van der Waals surface area contributed by atoms with Crippen LogP contribution in [0.15, 0.2) is 52.9 Å². The Bertz CT molecular complexity index is 940. The van der Waals surface area contributed by atoms with Gasteiger partial charge in [-0.1, -0.05) is 19.1 Å². The molecule has 0 saturated heterocycles. The Morgan fingerprint density at radius 2 is 1.89 bits per heavy atom. The van der Waals surface area contributed by atoms with Crippen molar-refractivity contribution in [2.75, 3.05) is 26.3 Å². The number of anilines is 1. The predicted octanol–water partition coefficient (Wildman–Crippen LogP) is 5.06. The molecule has 0 amide bonds. The molecule has 3 aromatic rings. The molecule has 1 heterocycles. The Kier molecular flexibility index (Phi) is 6.86. The molecule has 1 N–H and O–H groups in total. The first-order valence-electron chi connectivity index (χ1n) is 8.94. The summed E-state index contributed by atoms with van der Waals surface area (Å²) in [7, 11) is 3.23. The minimum Gasteiger partial charge on any atom is -0.493 e. The second-order valence-corrected chi connectivity index (χ2v) is 6.72. The third kappa shape index (κ3) is 4.80. The van der Waals surface area contributed by atoms with Crippen LogP contribution in [0.4, 0.5) is 5.13 Å². The van der Waals surface area contributed by atoms with Crippen LogP contribution in [-0.4, -0.2) is 32.0 Å². The number of hydrogen-bond donors (Lipinski definition) is 1. The van der Waals surface area contributed by atoms with Crippen molar-refractivity contribution >= 4 is 22.7 Å². The van der Waals surface area contributed by atoms with Gasteiger partial charge in [0.25, 0.3) is 0 Å². The molecule has 1 aromatic heterocycles. The Hall–Kier alpha value is -3.06. The summed E-state index contributed by atoms with van der Waals surface area (Å²) >= 11 is 1.48. The van der Waals surface area contributed by atoms with Crippen molar-refractivity contribution in [3.63, 3.8) is 0 Å². The van der Waals surface area contributed by atoms with Crippen LogP contribution in [0.5, 0.6) is 17.2 Å². The van der Waals surface area contributed by atoms with E-state index in [1.54, 1.807) is 20.4 Å². The molecule has 7 heteroatoms. The van der Waals surface area contributed by atoms with Gasteiger partial charge in [-0.25, -0.2) is 4.98 Å². The largest absolute Gasteiger partial charge is 0.493 e. The van der Waals surface area contributed by atoms with Crippen molar-refractivity contribution < 1.29 is 14.2 Å². The summed E-state index contributed by atoms with van der Waals surface area (Å²) in [6, 6.07) is 13.5. The van der Waals surface area contributed by atoms with Gasteiger partial charge in [0, 0.05) is 16.5 Å². The number of hydrazone groups is 1. The number of benzene rings is 2. The maximum atomic E-state index is 5.74. The van der Waals surface area contributed by atoms with Gasteiger partial charge in [-0.05, 0) is 36.8 Å². The number of aromatic nitrogens is 1. The average molecular weight is 398 g/mol. The molecule has 0 spiro atoms. The third-order valence-corrected chi connectivity index (χ3v) is 4.67. The van der Waals surface area contributed by atoms with Crippen LogP contribution in [0, 0.1) is 0 Å². The number of nitrogens with zero attached hydrogens (tertiary/aromatic N) is 2.